The van der Waals surface area contributed by atoms with Crippen LogP contribution < -0.4 is 9.73 Å². The number of para-hydroxylation sites is 1. The Morgan fingerprint density at radius 2 is 1.63 bits per heavy atom. The summed E-state index contributed by atoms with van der Waals surface area (Å²) in [5.74, 6) is -0.516. The smallest absolute Gasteiger partial charge is 0.267 e. The van der Waals surface area contributed by atoms with Crippen molar-refractivity contribution in [2.75, 3.05) is 10.6 Å². The third-order valence-corrected chi connectivity index (χ3v) is 5.61. The minimum atomic E-state index is -3.64. The van der Waals surface area contributed by atoms with Crippen molar-refractivity contribution in [3.05, 3.63) is 101 Å². The fourth-order valence-corrected chi connectivity index (χ4v) is 3.81. The van der Waals surface area contributed by atoms with Crippen molar-refractivity contribution in [2.24, 2.45) is 5.10 Å². The van der Waals surface area contributed by atoms with Crippen LogP contribution in [-0.2, 0) is 16.6 Å². The van der Waals surface area contributed by atoms with Gasteiger partial charge < -0.3 is 0 Å². The summed E-state index contributed by atoms with van der Waals surface area (Å²) in [5.41, 5.74) is 4.49. The van der Waals surface area contributed by atoms with Gasteiger partial charge >= 0.3 is 0 Å². The van der Waals surface area contributed by atoms with E-state index in [9.17, 15) is 13.2 Å². The zero-order valence-corrected chi connectivity index (χ0v) is 17.8. The molecule has 0 fully saturated rings. The molecule has 0 radical (unpaired) electrons. The van der Waals surface area contributed by atoms with Gasteiger partial charge in [0.15, 0.2) is 0 Å². The normalized spacial score (nSPS) is 11.4. The van der Waals surface area contributed by atoms with Gasteiger partial charge in [-0.2, -0.15) is 5.10 Å². The van der Waals surface area contributed by atoms with Gasteiger partial charge in [-0.1, -0.05) is 66.2 Å². The first-order chi connectivity index (χ1) is 14.3. The first-order valence-electron chi connectivity index (χ1n) is 9.04. The molecular formula is C22H20ClN3O3S. The van der Waals surface area contributed by atoms with E-state index >= 15 is 0 Å². The third-order valence-electron chi connectivity index (χ3n) is 4.24. The van der Waals surface area contributed by atoms with E-state index in [4.69, 9.17) is 11.6 Å². The zero-order valence-electron chi connectivity index (χ0n) is 16.2. The Labute approximate surface area is 180 Å². The standard InChI is InChI=1S/C22H20ClN3O3S/c1-30(28,29)26(16-18-7-3-2-4-8-18)21-10-6-5-9-20(21)22(27)25-24-15-17-11-13-19(23)14-12-17/h2-15H,16H2,1H3,(H,25,27)/b24-15+. The van der Waals surface area contributed by atoms with E-state index in [0.717, 1.165) is 17.4 Å². The Hall–Kier alpha value is -3.16. The van der Waals surface area contributed by atoms with Gasteiger partial charge in [0, 0.05) is 5.02 Å². The van der Waals surface area contributed by atoms with Crippen LogP contribution in [0.1, 0.15) is 21.5 Å². The highest BCUT2D eigenvalue weighted by atomic mass is 35.5. The molecule has 6 nitrogen and oxygen atoms in total. The molecule has 0 aliphatic carbocycles. The first-order valence-corrected chi connectivity index (χ1v) is 11.3. The zero-order chi connectivity index (χ0) is 21.6. The SMILES string of the molecule is CS(=O)(=O)N(Cc1ccccc1)c1ccccc1C(=O)N/N=C/c1ccc(Cl)cc1. The van der Waals surface area contributed by atoms with Crippen LogP contribution in [0.25, 0.3) is 0 Å². The molecule has 0 aromatic heterocycles. The number of halogens is 1. The number of anilines is 1. The van der Waals surface area contributed by atoms with Crippen molar-refractivity contribution in [3.63, 3.8) is 0 Å². The number of hydrazone groups is 1. The van der Waals surface area contributed by atoms with Crippen LogP contribution in [-0.4, -0.2) is 26.8 Å². The molecular weight excluding hydrogens is 422 g/mol. The van der Waals surface area contributed by atoms with Crippen molar-refractivity contribution in [2.45, 2.75) is 6.54 Å². The van der Waals surface area contributed by atoms with E-state index in [1.54, 1.807) is 48.5 Å². The van der Waals surface area contributed by atoms with Gasteiger partial charge in [-0.15, -0.1) is 0 Å². The second-order valence-electron chi connectivity index (χ2n) is 6.52. The molecule has 0 aliphatic heterocycles. The number of sulfonamides is 1. The van der Waals surface area contributed by atoms with E-state index in [1.165, 1.54) is 10.5 Å². The maximum absolute atomic E-state index is 12.7. The summed E-state index contributed by atoms with van der Waals surface area (Å²) >= 11 is 5.85. The van der Waals surface area contributed by atoms with E-state index in [-0.39, 0.29) is 17.8 Å². The molecule has 0 heterocycles. The number of nitrogens with one attached hydrogen (secondary N) is 1. The molecule has 0 atom stereocenters. The quantitative estimate of drug-likeness (QED) is 0.443. The van der Waals surface area contributed by atoms with Crippen LogP contribution in [0, 0.1) is 0 Å². The van der Waals surface area contributed by atoms with Gasteiger partial charge in [-0.05, 0) is 35.4 Å². The van der Waals surface area contributed by atoms with Crippen LogP contribution in [0.2, 0.25) is 5.02 Å². The Morgan fingerprint density at radius 3 is 2.30 bits per heavy atom. The topological polar surface area (TPSA) is 78.8 Å². The van der Waals surface area contributed by atoms with Gasteiger partial charge in [0.05, 0.1) is 30.3 Å². The number of carbonyl (C=O) groups excluding carboxylic acids is 1. The molecule has 0 unspecified atom stereocenters. The average molecular weight is 442 g/mol. The van der Waals surface area contributed by atoms with Gasteiger partial charge in [-0.3, -0.25) is 9.10 Å². The number of nitrogens with zero attached hydrogens (tertiary/aromatic N) is 2. The van der Waals surface area contributed by atoms with Gasteiger partial charge in [0.25, 0.3) is 5.91 Å². The average Bonchev–Trinajstić information content (AvgIpc) is 2.73. The highest BCUT2D eigenvalue weighted by Crippen LogP contribution is 2.25. The molecule has 1 N–H and O–H groups in total. The molecule has 8 heteroatoms. The fraction of sp³-hybridized carbons (Fsp3) is 0.0909. The first kappa shape index (κ1) is 21.5. The van der Waals surface area contributed by atoms with Crippen molar-refractivity contribution >= 4 is 39.4 Å². The Morgan fingerprint density at radius 1 is 1.00 bits per heavy atom. The van der Waals surface area contributed by atoms with Crippen LogP contribution in [0.3, 0.4) is 0 Å². The Kier molecular flexibility index (Phi) is 6.87. The van der Waals surface area contributed by atoms with Crippen LogP contribution in [0.15, 0.2) is 84.0 Å². The molecule has 0 bridgehead atoms. The lowest BCUT2D eigenvalue weighted by molar-refractivity contribution is 0.0956. The molecule has 3 rings (SSSR count). The van der Waals surface area contributed by atoms with E-state index in [0.29, 0.717) is 5.02 Å². The predicted molar refractivity (Wildman–Crippen MR) is 120 cm³/mol. The summed E-state index contributed by atoms with van der Waals surface area (Å²) in [4.78, 5) is 12.7. The lowest BCUT2D eigenvalue weighted by Gasteiger charge is -2.24. The van der Waals surface area contributed by atoms with Crippen molar-refractivity contribution < 1.29 is 13.2 Å². The summed E-state index contributed by atoms with van der Waals surface area (Å²) in [6.07, 6.45) is 2.60. The van der Waals surface area contributed by atoms with Gasteiger partial charge in [0.1, 0.15) is 0 Å². The van der Waals surface area contributed by atoms with E-state index < -0.39 is 15.9 Å². The summed E-state index contributed by atoms with van der Waals surface area (Å²) in [6.45, 7) is 0.109. The summed E-state index contributed by atoms with van der Waals surface area (Å²) in [6, 6.07) is 22.7. The molecule has 0 spiro atoms. The molecule has 30 heavy (non-hydrogen) atoms. The number of carbonyl (C=O) groups is 1. The molecule has 3 aromatic rings. The minimum absolute atomic E-state index is 0.109. The largest absolute Gasteiger partial charge is 0.273 e. The monoisotopic (exact) mass is 441 g/mol. The van der Waals surface area contributed by atoms with Crippen LogP contribution in [0.5, 0.6) is 0 Å². The molecule has 0 saturated heterocycles. The summed E-state index contributed by atoms with van der Waals surface area (Å²) in [7, 11) is -3.64. The number of benzene rings is 3. The maximum Gasteiger partial charge on any atom is 0.273 e. The van der Waals surface area contributed by atoms with Crippen LogP contribution in [0.4, 0.5) is 5.69 Å². The van der Waals surface area contributed by atoms with Gasteiger partial charge in [0.2, 0.25) is 10.0 Å². The molecule has 0 saturated carbocycles. The fourth-order valence-electron chi connectivity index (χ4n) is 2.79. The number of rotatable bonds is 7. The molecule has 1 amide bonds. The van der Waals surface area contributed by atoms with Crippen molar-refractivity contribution in [3.8, 4) is 0 Å². The summed E-state index contributed by atoms with van der Waals surface area (Å²) in [5, 5.41) is 4.56. The second kappa shape index (κ2) is 9.56. The van der Waals surface area contributed by atoms with Crippen LogP contribution >= 0.6 is 11.6 Å². The van der Waals surface area contributed by atoms with Crippen molar-refractivity contribution in [1.82, 2.24) is 5.43 Å². The predicted octanol–water partition coefficient (Wildman–Crippen LogP) is 4.07. The van der Waals surface area contributed by atoms with E-state index in [2.05, 4.69) is 10.5 Å². The maximum atomic E-state index is 12.7. The Bertz CT molecular complexity index is 1150. The third kappa shape index (κ3) is 5.68. The molecule has 154 valence electrons. The Balaban J connectivity index is 1.85. The number of hydrogen-bond donors (Lipinski definition) is 1. The molecule has 3 aromatic carbocycles. The lowest BCUT2D eigenvalue weighted by atomic mass is 10.1. The highest BCUT2D eigenvalue weighted by molar-refractivity contribution is 7.92. The molecule has 0 aliphatic rings. The number of hydrogen-bond acceptors (Lipinski definition) is 4. The van der Waals surface area contributed by atoms with Gasteiger partial charge in [-0.25, -0.2) is 13.8 Å². The second-order valence-corrected chi connectivity index (χ2v) is 8.87. The number of amides is 1. The minimum Gasteiger partial charge on any atom is -0.267 e. The lowest BCUT2D eigenvalue weighted by Crippen LogP contribution is -2.32. The summed E-state index contributed by atoms with van der Waals surface area (Å²) < 4.78 is 26.2. The van der Waals surface area contributed by atoms with Crippen molar-refractivity contribution in [1.29, 1.82) is 0 Å². The highest BCUT2D eigenvalue weighted by Gasteiger charge is 2.23. The van der Waals surface area contributed by atoms with E-state index in [1.807, 2.05) is 30.3 Å².